The van der Waals surface area contributed by atoms with E-state index in [1.807, 2.05) is 33.8 Å². The standard InChI is InChI=1S/C54H86O26S.Na/c1-22(2)10-13-31(57)53(8)30-14-17-52(7)24-11-12-29-50(4,5)33(15-16-51(29,6)25(24)18-32(58)54(30,52)49(66)79-53)75-48-44(36(61)28(21-71-48)80-81(67,68)69)78-45-38(63)37(62)41(23(3)72-45)76-47-40(65)43(35(60)27(20-56)74-47)77-46-39(64)42(70-9)34(59)26(19-55)73-46;/h18,22-24,26-30,32-48,55-56,58-65H,10-17,19-21H2,1-9H3,(H,67,68,69);/q;+1/p-1/t23-,24-,26-,27-,28-,29+,30-,32+,33+,34-,35-,36+,37-,38-,39-,40-,41-,42+,43+,44-,45+,46+,47+,48+,51-,52+,53-,54?;/m1./s1. The van der Waals surface area contributed by atoms with E-state index < -0.39 is 198 Å². The van der Waals surface area contributed by atoms with E-state index in [4.69, 9.17) is 47.4 Å². The number of methoxy groups -OCH3 is 1. The molecule has 82 heavy (non-hydrogen) atoms. The van der Waals surface area contributed by atoms with Gasteiger partial charge in [-0.1, -0.05) is 53.2 Å². The second kappa shape index (κ2) is 24.8. The van der Waals surface area contributed by atoms with E-state index in [0.717, 1.165) is 5.57 Å². The predicted octanol–water partition coefficient (Wildman–Crippen LogP) is -4.67. The number of carbonyl (C=O) groups is 2. The number of carbonyl (C=O) groups excluding carboxylic acids is 2. The molecule has 5 heterocycles. The number of esters is 1. The van der Waals surface area contributed by atoms with Crippen molar-refractivity contribution in [2.45, 2.75) is 241 Å². The fourth-order valence-corrected chi connectivity index (χ4v) is 16.6. The fourth-order valence-electron chi connectivity index (χ4n) is 16.2. The van der Waals surface area contributed by atoms with Gasteiger partial charge in [0, 0.05) is 19.4 Å². The third kappa shape index (κ3) is 11.2. The second-order valence-corrected chi connectivity index (χ2v) is 26.7. The molecule has 1 unspecified atom stereocenters. The molecule has 0 bridgehead atoms. The summed E-state index contributed by atoms with van der Waals surface area (Å²) in [6, 6.07) is 0. The minimum absolute atomic E-state index is 0. The predicted molar refractivity (Wildman–Crippen MR) is 271 cm³/mol. The summed E-state index contributed by atoms with van der Waals surface area (Å²) >= 11 is 0. The van der Waals surface area contributed by atoms with Gasteiger partial charge in [0.1, 0.15) is 90.9 Å². The van der Waals surface area contributed by atoms with Gasteiger partial charge in [0.05, 0.1) is 38.1 Å². The summed E-state index contributed by atoms with van der Waals surface area (Å²) in [6.45, 7) is 13.2. The third-order valence-corrected chi connectivity index (χ3v) is 21.0. The molecule has 26 nitrogen and oxygen atoms in total. The molecule has 3 saturated carbocycles. The molecular weight excluding hydrogens is 1120 g/mol. The van der Waals surface area contributed by atoms with Crippen molar-refractivity contribution < 1.29 is 155 Å². The van der Waals surface area contributed by atoms with Crippen LogP contribution in [0.4, 0.5) is 0 Å². The van der Waals surface area contributed by atoms with E-state index in [9.17, 15) is 73.6 Å². The van der Waals surface area contributed by atoms with Crippen LogP contribution in [-0.2, 0) is 71.5 Å². The van der Waals surface area contributed by atoms with Crippen LogP contribution in [0.2, 0.25) is 0 Å². The first kappa shape index (κ1) is 66.9. The summed E-state index contributed by atoms with van der Waals surface area (Å²) in [6.07, 6.45) is -28.2. The topological polar surface area (TPSA) is 395 Å². The Morgan fingerprint density at radius 3 is 1.90 bits per heavy atom. The summed E-state index contributed by atoms with van der Waals surface area (Å²) < 4.78 is 99.6. The Labute approximate surface area is 499 Å². The van der Waals surface area contributed by atoms with Crippen molar-refractivity contribution in [1.82, 2.24) is 0 Å². The summed E-state index contributed by atoms with van der Waals surface area (Å²) in [5, 5.41) is 112. The molecular formula is C54H85NaO26S. The van der Waals surface area contributed by atoms with Crippen LogP contribution in [0.15, 0.2) is 11.6 Å². The Morgan fingerprint density at radius 1 is 0.720 bits per heavy atom. The minimum atomic E-state index is -5.44. The molecule has 9 aliphatic rings. The number of aliphatic hydroxyl groups excluding tert-OH is 10. The molecule has 0 radical (unpaired) electrons. The van der Waals surface area contributed by atoms with Crippen LogP contribution >= 0.6 is 0 Å². The third-order valence-electron chi connectivity index (χ3n) is 20.5. The molecule has 1 spiro atoms. The molecule has 9 rings (SSSR count). The zero-order chi connectivity index (χ0) is 59.4. The maximum Gasteiger partial charge on any atom is 1.00 e. The molecule has 464 valence electrons. The number of cyclic esters (lactones) is 1. The monoisotopic (exact) mass is 1200 g/mol. The van der Waals surface area contributed by atoms with Gasteiger partial charge in [0.25, 0.3) is 0 Å². The van der Waals surface area contributed by atoms with Gasteiger partial charge >= 0.3 is 35.5 Å². The second-order valence-electron chi connectivity index (χ2n) is 25.7. The zero-order valence-electron chi connectivity index (χ0n) is 48.2. The van der Waals surface area contributed by atoms with Crippen LogP contribution in [0, 0.1) is 45.3 Å². The number of Topliss-reactive ketones (excluding diaryl/α,β-unsaturated/α-hetero) is 1. The largest absolute Gasteiger partial charge is 1.00 e. The van der Waals surface area contributed by atoms with Crippen LogP contribution in [-0.4, -0.2) is 237 Å². The molecule has 0 amide bonds. The van der Waals surface area contributed by atoms with Crippen LogP contribution in [0.1, 0.15) is 107 Å². The number of allylic oxidation sites excluding steroid dienone is 1. The molecule has 4 aliphatic carbocycles. The van der Waals surface area contributed by atoms with E-state index in [0.29, 0.717) is 44.9 Å². The van der Waals surface area contributed by atoms with E-state index in [1.54, 1.807) is 6.92 Å². The SMILES string of the molecule is CO[C@@H]1[C@@H](O)[C@H](O[C@@H]2[C@@H](O)[C@H](O[C@H]3[C@H](O)[C@@H](O)[C@H](O[C@H]4[C@H](O[C@H]5CC[C@]6(C)C7=C[C@H](O)C89C(=O)O[C@@](C)(C(=O)CCC(C)C)[C@H]8CC[C@@]9(C)[C@@H]7CC[C@H]6C5(C)C)OC[C@@H](OS(=O)(=O)[O-])[C@@H]4O)O[C@@H]3C)O[C@H](CO)[C@H]2O)O[C@H](CO)[C@H]1O.[Na+]. The van der Waals surface area contributed by atoms with Crippen LogP contribution < -0.4 is 29.6 Å². The summed E-state index contributed by atoms with van der Waals surface area (Å²) in [7, 11) is -4.26. The first-order chi connectivity index (χ1) is 37.9. The van der Waals surface area contributed by atoms with Gasteiger partial charge in [-0.05, 0) is 92.8 Å². The zero-order valence-corrected chi connectivity index (χ0v) is 51.0. The molecule has 8 fully saturated rings. The maximum absolute atomic E-state index is 14.4. The van der Waals surface area contributed by atoms with Crippen molar-refractivity contribution in [3.63, 3.8) is 0 Å². The summed E-state index contributed by atoms with van der Waals surface area (Å²) in [5.41, 5.74) is -3.59. The van der Waals surface area contributed by atoms with E-state index in [2.05, 4.69) is 18.0 Å². The molecule has 0 aromatic heterocycles. The minimum Gasteiger partial charge on any atom is -0.726 e. The first-order valence-corrected chi connectivity index (χ1v) is 29.7. The van der Waals surface area contributed by atoms with Crippen LogP contribution in [0.3, 0.4) is 0 Å². The van der Waals surface area contributed by atoms with E-state index in [1.165, 1.54) is 14.0 Å². The fraction of sp³-hybridized carbons (Fsp3) is 0.926. The normalized spacial score (nSPS) is 50.1. The van der Waals surface area contributed by atoms with Crippen LogP contribution in [0.25, 0.3) is 0 Å². The maximum atomic E-state index is 14.4. The van der Waals surface area contributed by atoms with Gasteiger partial charge in [-0.3, -0.25) is 13.8 Å². The number of fused-ring (bicyclic) bond motifs is 4. The molecule has 28 heteroatoms. The van der Waals surface area contributed by atoms with Gasteiger partial charge in [-0.2, -0.15) is 0 Å². The van der Waals surface area contributed by atoms with E-state index in [-0.39, 0.29) is 59.5 Å². The average Bonchev–Trinajstić information content (AvgIpc) is 1.45. The van der Waals surface area contributed by atoms with E-state index >= 15 is 0 Å². The quantitative estimate of drug-likeness (QED) is 0.0163. The van der Waals surface area contributed by atoms with Crippen molar-refractivity contribution in [1.29, 1.82) is 0 Å². The number of ether oxygens (including phenoxy) is 10. The Morgan fingerprint density at radius 2 is 1.30 bits per heavy atom. The molecule has 10 N–H and O–H groups in total. The number of rotatable bonds is 17. The van der Waals surface area contributed by atoms with Gasteiger partial charge in [-0.15, -0.1) is 0 Å². The van der Waals surface area contributed by atoms with Gasteiger partial charge < -0.3 is 103 Å². The molecule has 5 aliphatic heterocycles. The molecule has 0 aromatic rings. The van der Waals surface area contributed by atoms with Crippen molar-refractivity contribution in [2.75, 3.05) is 26.9 Å². The average molecular weight is 1210 g/mol. The summed E-state index contributed by atoms with van der Waals surface area (Å²) in [4.78, 5) is 28.4. The Bertz CT molecular complexity index is 2420. The molecule has 28 atom stereocenters. The molecule has 5 saturated heterocycles. The number of hydrogen-bond donors (Lipinski definition) is 10. The molecule has 0 aromatic carbocycles. The van der Waals surface area contributed by atoms with Gasteiger partial charge in [-0.25, -0.2) is 8.42 Å². The number of hydrogen-bond acceptors (Lipinski definition) is 26. The summed E-state index contributed by atoms with van der Waals surface area (Å²) in [5.74, 6) is -1.12. The Balaban J connectivity index is 0.00000880. The van der Waals surface area contributed by atoms with Crippen molar-refractivity contribution in [2.24, 2.45) is 45.3 Å². The first-order valence-electron chi connectivity index (χ1n) is 28.4. The van der Waals surface area contributed by atoms with Crippen LogP contribution in [0.5, 0.6) is 0 Å². The van der Waals surface area contributed by atoms with Crippen molar-refractivity contribution >= 4 is 22.2 Å². The smallest absolute Gasteiger partial charge is 0.726 e. The van der Waals surface area contributed by atoms with Crippen molar-refractivity contribution in [3.8, 4) is 0 Å². The van der Waals surface area contributed by atoms with Gasteiger partial charge in [0.15, 0.2) is 36.5 Å². The number of ketones is 1. The Kier molecular flexibility index (Phi) is 20.2. The Hall–Kier alpha value is -1.01. The van der Waals surface area contributed by atoms with Crippen molar-refractivity contribution in [3.05, 3.63) is 11.6 Å². The number of aliphatic hydroxyl groups is 10. The van der Waals surface area contributed by atoms with Gasteiger partial charge in [0.2, 0.25) is 10.4 Å².